The number of hydrogen-bond acceptors (Lipinski definition) is 2. The Hall–Kier alpha value is -2.37. The van der Waals surface area contributed by atoms with Crippen molar-refractivity contribution in [2.45, 2.75) is 19.3 Å². The van der Waals surface area contributed by atoms with E-state index in [9.17, 15) is 8.78 Å². The number of fused-ring (bicyclic) bond motifs is 1. The van der Waals surface area contributed by atoms with E-state index in [1.54, 1.807) is 15.6 Å². The minimum absolute atomic E-state index is 0.388. The molecule has 1 aromatic heterocycles. The Bertz CT molecular complexity index is 1070. The van der Waals surface area contributed by atoms with Gasteiger partial charge < -0.3 is 4.90 Å². The van der Waals surface area contributed by atoms with Gasteiger partial charge in [0, 0.05) is 29.6 Å². The Morgan fingerprint density at radius 1 is 1.10 bits per heavy atom. The van der Waals surface area contributed by atoms with E-state index in [-0.39, 0.29) is 6.54 Å². The molecule has 2 aromatic carbocycles. The maximum absolute atomic E-state index is 13.6. The number of para-hydroxylation sites is 1. The summed E-state index contributed by atoms with van der Waals surface area (Å²) >= 11 is 12.5. The van der Waals surface area contributed by atoms with Crippen LogP contribution in [0.15, 0.2) is 55.1 Å². The first-order valence-corrected chi connectivity index (χ1v) is 9.95. The molecule has 4 rings (SSSR count). The molecule has 3 aromatic rings. The molecule has 0 spiro atoms. The fourth-order valence-electron chi connectivity index (χ4n) is 3.66. The number of hydrogen-bond donors (Lipinski definition) is 0. The zero-order valence-electron chi connectivity index (χ0n) is 15.8. The lowest BCUT2D eigenvalue weighted by atomic mass is 9.98. The standard InChI is InChI=1S/C22H19Cl2F2N3/c1-14-20-17(11-12-28(14)13-22(2,25)26)21(15-7-9-16(23)10-8-15)29(27-20)19-6-4-3-5-18(19)24/h3-10H,1,11-13H2,2H3. The van der Waals surface area contributed by atoms with E-state index in [0.717, 1.165) is 23.7 Å². The van der Waals surface area contributed by atoms with Crippen molar-refractivity contribution in [3.8, 4) is 16.9 Å². The molecule has 0 bridgehead atoms. The average Bonchev–Trinajstić information content (AvgIpc) is 3.04. The monoisotopic (exact) mass is 433 g/mol. The van der Waals surface area contributed by atoms with Gasteiger partial charge in [0.2, 0.25) is 0 Å². The van der Waals surface area contributed by atoms with Gasteiger partial charge in [-0.25, -0.2) is 13.5 Å². The van der Waals surface area contributed by atoms with Crippen LogP contribution in [0.2, 0.25) is 10.0 Å². The SMILES string of the molecule is C=C1c2nn(-c3ccccc3Cl)c(-c3ccc(Cl)cc3)c2CCN1CC(C)(F)F. The number of halogens is 4. The highest BCUT2D eigenvalue weighted by Gasteiger charge is 2.33. The summed E-state index contributed by atoms with van der Waals surface area (Å²) in [6, 6.07) is 14.9. The van der Waals surface area contributed by atoms with Crippen LogP contribution < -0.4 is 0 Å². The van der Waals surface area contributed by atoms with Crippen LogP contribution >= 0.6 is 23.2 Å². The van der Waals surface area contributed by atoms with Gasteiger partial charge in [0.05, 0.1) is 28.6 Å². The quantitative estimate of drug-likeness (QED) is 0.479. The molecule has 0 amide bonds. The summed E-state index contributed by atoms with van der Waals surface area (Å²) in [5, 5.41) is 5.93. The molecule has 29 heavy (non-hydrogen) atoms. The average molecular weight is 434 g/mol. The summed E-state index contributed by atoms with van der Waals surface area (Å²) in [6.07, 6.45) is 0.576. The Balaban J connectivity index is 1.89. The Kier molecular flexibility index (Phi) is 5.13. The van der Waals surface area contributed by atoms with Gasteiger partial charge in [-0.15, -0.1) is 0 Å². The number of nitrogens with zero attached hydrogens (tertiary/aromatic N) is 3. The third-order valence-electron chi connectivity index (χ3n) is 4.94. The van der Waals surface area contributed by atoms with Crippen molar-refractivity contribution in [2.75, 3.05) is 13.1 Å². The van der Waals surface area contributed by atoms with E-state index in [2.05, 4.69) is 6.58 Å². The zero-order valence-corrected chi connectivity index (χ0v) is 17.3. The highest BCUT2D eigenvalue weighted by molar-refractivity contribution is 6.32. The van der Waals surface area contributed by atoms with E-state index < -0.39 is 5.92 Å². The van der Waals surface area contributed by atoms with Crippen LogP contribution in [-0.2, 0) is 6.42 Å². The minimum atomic E-state index is -2.81. The van der Waals surface area contributed by atoms with Gasteiger partial charge in [0.15, 0.2) is 0 Å². The molecule has 0 fully saturated rings. The van der Waals surface area contributed by atoms with E-state index >= 15 is 0 Å². The van der Waals surface area contributed by atoms with Gasteiger partial charge in [-0.2, -0.15) is 5.10 Å². The molecule has 2 heterocycles. The van der Waals surface area contributed by atoms with Crippen LogP contribution in [0.3, 0.4) is 0 Å². The highest BCUT2D eigenvalue weighted by Crippen LogP contribution is 2.38. The third kappa shape index (κ3) is 3.89. The predicted octanol–water partition coefficient (Wildman–Crippen LogP) is 6.33. The maximum Gasteiger partial charge on any atom is 0.262 e. The molecule has 1 aliphatic heterocycles. The molecule has 0 radical (unpaired) electrons. The van der Waals surface area contributed by atoms with E-state index in [0.29, 0.717) is 40.1 Å². The molecular weight excluding hydrogens is 415 g/mol. The summed E-state index contributed by atoms with van der Waals surface area (Å²) < 4.78 is 29.0. The van der Waals surface area contributed by atoms with Crippen LogP contribution in [0.4, 0.5) is 8.78 Å². The zero-order chi connectivity index (χ0) is 20.8. The maximum atomic E-state index is 13.6. The minimum Gasteiger partial charge on any atom is -0.364 e. The predicted molar refractivity (Wildman–Crippen MR) is 114 cm³/mol. The molecule has 150 valence electrons. The molecule has 0 atom stereocenters. The normalized spacial score (nSPS) is 14.2. The molecule has 0 aliphatic carbocycles. The number of rotatable bonds is 4. The van der Waals surface area contributed by atoms with Gasteiger partial charge in [-0.3, -0.25) is 0 Å². The van der Waals surface area contributed by atoms with Gasteiger partial charge >= 0.3 is 0 Å². The van der Waals surface area contributed by atoms with E-state index in [1.165, 1.54) is 0 Å². The lowest BCUT2D eigenvalue weighted by molar-refractivity contribution is -0.000949. The number of alkyl halides is 2. The van der Waals surface area contributed by atoms with Crippen molar-refractivity contribution in [3.63, 3.8) is 0 Å². The third-order valence-corrected chi connectivity index (χ3v) is 5.51. The van der Waals surface area contributed by atoms with Crippen LogP contribution in [0, 0.1) is 0 Å². The van der Waals surface area contributed by atoms with Crippen LogP contribution in [0.1, 0.15) is 18.2 Å². The second-order valence-corrected chi connectivity index (χ2v) is 8.08. The van der Waals surface area contributed by atoms with Gasteiger partial charge in [0.25, 0.3) is 5.92 Å². The summed E-state index contributed by atoms with van der Waals surface area (Å²) in [5.74, 6) is -2.81. The summed E-state index contributed by atoms with van der Waals surface area (Å²) in [4.78, 5) is 1.60. The van der Waals surface area contributed by atoms with Crippen molar-refractivity contribution in [1.82, 2.24) is 14.7 Å². The van der Waals surface area contributed by atoms with E-state index in [4.69, 9.17) is 28.3 Å². The van der Waals surface area contributed by atoms with Gasteiger partial charge in [0.1, 0.15) is 5.69 Å². The molecule has 0 saturated heterocycles. The van der Waals surface area contributed by atoms with E-state index in [1.807, 2.05) is 42.5 Å². The van der Waals surface area contributed by atoms with Gasteiger partial charge in [-0.1, -0.05) is 54.0 Å². The van der Waals surface area contributed by atoms with Crippen molar-refractivity contribution in [2.24, 2.45) is 0 Å². The van der Waals surface area contributed by atoms with Crippen molar-refractivity contribution in [3.05, 3.63) is 76.4 Å². The topological polar surface area (TPSA) is 21.1 Å². The first kappa shape index (κ1) is 19.9. The fraction of sp³-hybridized carbons (Fsp3) is 0.227. The lowest BCUT2D eigenvalue weighted by Gasteiger charge is -2.32. The second-order valence-electron chi connectivity index (χ2n) is 7.23. The van der Waals surface area contributed by atoms with Crippen molar-refractivity contribution in [1.29, 1.82) is 0 Å². The van der Waals surface area contributed by atoms with Crippen molar-refractivity contribution < 1.29 is 8.78 Å². The molecule has 7 heteroatoms. The largest absolute Gasteiger partial charge is 0.364 e. The van der Waals surface area contributed by atoms with Crippen molar-refractivity contribution >= 4 is 28.9 Å². The van der Waals surface area contributed by atoms with Crippen LogP contribution in [0.25, 0.3) is 22.6 Å². The lowest BCUT2D eigenvalue weighted by Crippen LogP contribution is -2.37. The summed E-state index contributed by atoms with van der Waals surface area (Å²) in [7, 11) is 0. The van der Waals surface area contributed by atoms with Crippen LogP contribution in [-0.4, -0.2) is 33.7 Å². The number of aromatic nitrogens is 2. The summed E-state index contributed by atoms with van der Waals surface area (Å²) in [6.45, 7) is 5.04. The molecular formula is C22H19Cl2F2N3. The first-order valence-electron chi connectivity index (χ1n) is 9.19. The highest BCUT2D eigenvalue weighted by atomic mass is 35.5. The van der Waals surface area contributed by atoms with Gasteiger partial charge in [-0.05, 0) is 30.7 Å². The molecule has 0 saturated carbocycles. The Morgan fingerprint density at radius 2 is 1.79 bits per heavy atom. The number of benzene rings is 2. The molecule has 1 aliphatic rings. The Morgan fingerprint density at radius 3 is 2.45 bits per heavy atom. The summed E-state index contributed by atoms with van der Waals surface area (Å²) in [5.41, 5.74) is 4.58. The van der Waals surface area contributed by atoms with Crippen LogP contribution in [0.5, 0.6) is 0 Å². The smallest absolute Gasteiger partial charge is 0.262 e. The molecule has 0 unspecified atom stereocenters. The second kappa shape index (κ2) is 7.47. The fourth-order valence-corrected chi connectivity index (χ4v) is 4.00. The first-order chi connectivity index (χ1) is 13.7. The molecule has 0 N–H and O–H groups in total. The molecule has 3 nitrogen and oxygen atoms in total. The Labute approximate surface area is 178 Å².